The van der Waals surface area contributed by atoms with E-state index in [0.717, 1.165) is 0 Å². The number of ether oxygens (including phenoxy) is 1. The van der Waals surface area contributed by atoms with Gasteiger partial charge < -0.3 is 15.8 Å². The normalized spacial score (nSPS) is 16.9. The molecule has 0 fully saturated rings. The van der Waals surface area contributed by atoms with Crippen molar-refractivity contribution in [3.8, 4) is 6.07 Å². The maximum atomic E-state index is 12.9. The Morgan fingerprint density at radius 2 is 2.04 bits per heavy atom. The maximum Gasteiger partial charge on any atom is 0.255 e. The van der Waals surface area contributed by atoms with Crippen molar-refractivity contribution >= 4 is 11.6 Å². The smallest absolute Gasteiger partial charge is 0.255 e. The van der Waals surface area contributed by atoms with Gasteiger partial charge in [0, 0.05) is 18.1 Å². The van der Waals surface area contributed by atoms with Crippen LogP contribution >= 0.6 is 0 Å². The molecule has 1 aliphatic heterocycles. The molecule has 3 N–H and O–H groups in total. The average Bonchev–Trinajstić information content (AvgIpc) is 2.62. The molecule has 6 heteroatoms. The number of pyridine rings is 1. The van der Waals surface area contributed by atoms with E-state index in [1.807, 2.05) is 18.2 Å². The van der Waals surface area contributed by atoms with E-state index >= 15 is 0 Å². The van der Waals surface area contributed by atoms with E-state index in [1.165, 1.54) is 0 Å². The molecule has 3 rings (SSSR count). The fraction of sp³-hybridized carbons (Fsp3) is 0.105. The van der Waals surface area contributed by atoms with E-state index in [-0.39, 0.29) is 17.4 Å². The molecular formula is C19H16N4O2. The molecule has 1 aromatic heterocycles. The SMILES string of the molecule is CC1=C(C(=O)Nc2ccccc2)[C@@H](c2cccnc2)C(C#N)=C(N)O1. The van der Waals surface area contributed by atoms with Crippen LogP contribution in [0.15, 0.2) is 77.6 Å². The largest absolute Gasteiger partial charge is 0.445 e. The standard InChI is InChI=1S/C19H16N4O2/c1-12-16(19(24)23-14-7-3-2-4-8-14)17(13-6-5-9-22-11-13)15(10-20)18(21)25-12/h2-9,11,17H,21H2,1H3,(H,23,24)/t17-/m0/s1. The lowest BCUT2D eigenvalue weighted by Crippen LogP contribution is -2.27. The van der Waals surface area contributed by atoms with Crippen LogP contribution < -0.4 is 11.1 Å². The third kappa shape index (κ3) is 3.21. The van der Waals surface area contributed by atoms with Crippen molar-refractivity contribution in [2.75, 3.05) is 5.32 Å². The Balaban J connectivity index is 2.04. The van der Waals surface area contributed by atoms with Crippen LogP contribution in [0.25, 0.3) is 0 Å². The molecule has 0 spiro atoms. The number of hydrogen-bond acceptors (Lipinski definition) is 5. The monoisotopic (exact) mass is 332 g/mol. The lowest BCUT2D eigenvalue weighted by atomic mass is 9.83. The van der Waals surface area contributed by atoms with Crippen LogP contribution in [0.1, 0.15) is 18.4 Å². The zero-order valence-electron chi connectivity index (χ0n) is 13.6. The highest BCUT2D eigenvalue weighted by Crippen LogP contribution is 2.39. The number of amides is 1. The molecule has 0 radical (unpaired) electrons. The van der Waals surface area contributed by atoms with Gasteiger partial charge in [-0.3, -0.25) is 9.78 Å². The average molecular weight is 332 g/mol. The van der Waals surface area contributed by atoms with Gasteiger partial charge in [0.1, 0.15) is 17.4 Å². The van der Waals surface area contributed by atoms with Crippen LogP contribution in [0.4, 0.5) is 5.69 Å². The number of aromatic nitrogens is 1. The van der Waals surface area contributed by atoms with Crippen LogP contribution in [-0.2, 0) is 9.53 Å². The molecule has 0 saturated heterocycles. The van der Waals surface area contributed by atoms with Gasteiger partial charge in [-0.25, -0.2) is 0 Å². The summed E-state index contributed by atoms with van der Waals surface area (Å²) in [5.41, 5.74) is 7.75. The first kappa shape index (κ1) is 16.3. The molecule has 1 amide bonds. The van der Waals surface area contributed by atoms with Crippen LogP contribution in [-0.4, -0.2) is 10.9 Å². The van der Waals surface area contributed by atoms with E-state index in [0.29, 0.717) is 22.6 Å². The first-order valence-electron chi connectivity index (χ1n) is 7.66. The van der Waals surface area contributed by atoms with Gasteiger partial charge in [-0.05, 0) is 30.7 Å². The zero-order chi connectivity index (χ0) is 17.8. The van der Waals surface area contributed by atoms with Crippen molar-refractivity contribution in [1.82, 2.24) is 4.98 Å². The van der Waals surface area contributed by atoms with Crippen molar-refractivity contribution < 1.29 is 9.53 Å². The topological polar surface area (TPSA) is 101 Å². The molecule has 6 nitrogen and oxygen atoms in total. The van der Waals surface area contributed by atoms with Gasteiger partial charge in [-0.2, -0.15) is 5.26 Å². The van der Waals surface area contributed by atoms with Gasteiger partial charge in [0.25, 0.3) is 5.91 Å². The van der Waals surface area contributed by atoms with Crippen LogP contribution in [0.3, 0.4) is 0 Å². The summed E-state index contributed by atoms with van der Waals surface area (Å²) in [5.74, 6) is -0.613. The first-order valence-corrected chi connectivity index (χ1v) is 7.66. The van der Waals surface area contributed by atoms with E-state index in [4.69, 9.17) is 10.5 Å². The predicted octanol–water partition coefficient (Wildman–Crippen LogP) is 2.80. The quantitative estimate of drug-likeness (QED) is 0.900. The summed E-state index contributed by atoms with van der Waals surface area (Å²) >= 11 is 0. The number of nitrogens with zero attached hydrogens (tertiary/aromatic N) is 2. The van der Waals surface area contributed by atoms with Gasteiger partial charge in [0.15, 0.2) is 0 Å². The van der Waals surface area contributed by atoms with Crippen LogP contribution in [0, 0.1) is 11.3 Å². The van der Waals surface area contributed by atoms with Crippen molar-refractivity contribution in [3.05, 3.63) is 83.2 Å². The highest BCUT2D eigenvalue weighted by atomic mass is 16.5. The van der Waals surface area contributed by atoms with E-state index < -0.39 is 5.92 Å². The van der Waals surface area contributed by atoms with Crippen LogP contribution in [0.2, 0.25) is 0 Å². The number of carbonyl (C=O) groups is 1. The Kier molecular flexibility index (Phi) is 4.48. The number of para-hydroxylation sites is 1. The molecule has 1 atom stereocenters. The second kappa shape index (κ2) is 6.89. The molecule has 2 aromatic rings. The Hall–Kier alpha value is -3.59. The minimum atomic E-state index is -0.629. The fourth-order valence-electron chi connectivity index (χ4n) is 2.78. The van der Waals surface area contributed by atoms with Crippen molar-refractivity contribution in [2.24, 2.45) is 5.73 Å². The molecule has 25 heavy (non-hydrogen) atoms. The highest BCUT2D eigenvalue weighted by Gasteiger charge is 2.35. The molecular weight excluding hydrogens is 316 g/mol. The number of nitrogens with one attached hydrogen (secondary N) is 1. The van der Waals surface area contributed by atoms with Gasteiger partial charge >= 0.3 is 0 Å². The molecule has 0 saturated carbocycles. The molecule has 1 aliphatic rings. The zero-order valence-corrected chi connectivity index (χ0v) is 13.6. The predicted molar refractivity (Wildman–Crippen MR) is 92.7 cm³/mol. The number of rotatable bonds is 3. The summed E-state index contributed by atoms with van der Waals surface area (Å²) in [6, 6.07) is 14.7. The Morgan fingerprint density at radius 3 is 2.68 bits per heavy atom. The molecule has 0 unspecified atom stereocenters. The van der Waals surface area contributed by atoms with E-state index in [9.17, 15) is 10.1 Å². The van der Waals surface area contributed by atoms with Crippen molar-refractivity contribution in [1.29, 1.82) is 5.26 Å². The number of nitriles is 1. The lowest BCUT2D eigenvalue weighted by molar-refractivity contribution is -0.113. The molecule has 0 bridgehead atoms. The van der Waals surface area contributed by atoms with Gasteiger partial charge in [0.05, 0.1) is 11.5 Å². The number of allylic oxidation sites excluding steroid dienone is 2. The highest BCUT2D eigenvalue weighted by molar-refractivity contribution is 6.06. The van der Waals surface area contributed by atoms with Gasteiger partial charge in [0.2, 0.25) is 5.88 Å². The lowest BCUT2D eigenvalue weighted by Gasteiger charge is -2.27. The van der Waals surface area contributed by atoms with E-state index in [1.54, 1.807) is 43.6 Å². The Bertz CT molecular complexity index is 896. The fourth-order valence-corrected chi connectivity index (χ4v) is 2.78. The van der Waals surface area contributed by atoms with Crippen molar-refractivity contribution in [3.63, 3.8) is 0 Å². The second-order valence-electron chi connectivity index (χ2n) is 5.50. The second-order valence-corrected chi connectivity index (χ2v) is 5.50. The summed E-state index contributed by atoms with van der Waals surface area (Å²) in [7, 11) is 0. The third-order valence-electron chi connectivity index (χ3n) is 3.90. The number of carbonyl (C=O) groups excluding carboxylic acids is 1. The summed E-state index contributed by atoms with van der Waals surface area (Å²) in [4.78, 5) is 17.0. The van der Waals surface area contributed by atoms with E-state index in [2.05, 4.69) is 16.4 Å². The Labute approximate surface area is 145 Å². The number of nitrogens with two attached hydrogens (primary N) is 1. The number of anilines is 1. The van der Waals surface area contributed by atoms with Crippen molar-refractivity contribution in [2.45, 2.75) is 12.8 Å². The molecule has 124 valence electrons. The van der Waals surface area contributed by atoms with Gasteiger partial charge in [-0.15, -0.1) is 0 Å². The molecule has 0 aliphatic carbocycles. The first-order chi connectivity index (χ1) is 12.1. The third-order valence-corrected chi connectivity index (χ3v) is 3.90. The summed E-state index contributed by atoms with van der Waals surface area (Å²) < 4.78 is 5.45. The number of hydrogen-bond donors (Lipinski definition) is 2. The summed E-state index contributed by atoms with van der Waals surface area (Å²) in [6.07, 6.45) is 3.24. The maximum absolute atomic E-state index is 12.9. The number of benzene rings is 1. The summed E-state index contributed by atoms with van der Waals surface area (Å²) in [6.45, 7) is 1.66. The molecule has 2 heterocycles. The Morgan fingerprint density at radius 1 is 1.28 bits per heavy atom. The van der Waals surface area contributed by atoms with Gasteiger partial charge in [-0.1, -0.05) is 24.3 Å². The summed E-state index contributed by atoms with van der Waals surface area (Å²) in [5, 5.41) is 12.4. The van der Waals surface area contributed by atoms with Crippen LogP contribution in [0.5, 0.6) is 0 Å². The minimum Gasteiger partial charge on any atom is -0.445 e. The minimum absolute atomic E-state index is 0.00474. The molecule has 1 aromatic carbocycles.